The first-order valence-corrected chi connectivity index (χ1v) is 6.80. The maximum atomic E-state index is 5.38. The molecule has 0 spiro atoms. The van der Waals surface area contributed by atoms with E-state index in [-0.39, 0.29) is 0 Å². The van der Waals surface area contributed by atoms with Crippen molar-refractivity contribution in [3.63, 3.8) is 0 Å². The van der Waals surface area contributed by atoms with Gasteiger partial charge in [0.25, 0.3) is 0 Å². The molecule has 0 saturated carbocycles. The first kappa shape index (κ1) is 13.5. The van der Waals surface area contributed by atoms with Crippen LogP contribution in [0.2, 0.25) is 0 Å². The minimum Gasteiger partial charge on any atom is -0.379 e. The molecule has 0 N–H and O–H groups in total. The molecule has 2 rings (SSSR count). The Balaban J connectivity index is 1.79. The Kier molecular flexibility index (Phi) is 5.17. The fraction of sp³-hybridized carbons (Fsp3) is 0.600. The van der Waals surface area contributed by atoms with Crippen LogP contribution in [0.1, 0.15) is 12.5 Å². The van der Waals surface area contributed by atoms with Crippen molar-refractivity contribution in [1.82, 2.24) is 9.80 Å². The van der Waals surface area contributed by atoms with Crippen LogP contribution >= 0.6 is 0 Å². The van der Waals surface area contributed by atoms with Crippen LogP contribution in [0, 0.1) is 0 Å². The SMILES string of the molecule is C[C@@H](CN1CCOCC1)N(C)Cc1ccccc1. The van der Waals surface area contributed by atoms with E-state index in [1.54, 1.807) is 0 Å². The minimum absolute atomic E-state index is 0.573. The topological polar surface area (TPSA) is 15.7 Å². The van der Waals surface area contributed by atoms with Crippen molar-refractivity contribution in [3.05, 3.63) is 35.9 Å². The van der Waals surface area contributed by atoms with Gasteiger partial charge in [-0.25, -0.2) is 0 Å². The number of nitrogens with zero attached hydrogens (tertiary/aromatic N) is 2. The third-order valence-electron chi connectivity index (χ3n) is 3.65. The average Bonchev–Trinajstić information content (AvgIpc) is 2.41. The van der Waals surface area contributed by atoms with Crippen LogP contribution in [0.25, 0.3) is 0 Å². The lowest BCUT2D eigenvalue weighted by atomic mass is 10.2. The molecule has 18 heavy (non-hydrogen) atoms. The molecule has 0 unspecified atom stereocenters. The zero-order chi connectivity index (χ0) is 12.8. The molecular weight excluding hydrogens is 224 g/mol. The van der Waals surface area contributed by atoms with Gasteiger partial charge in [-0.1, -0.05) is 30.3 Å². The predicted octanol–water partition coefficient (Wildman–Crippen LogP) is 1.84. The van der Waals surface area contributed by atoms with Crippen LogP contribution in [0.4, 0.5) is 0 Å². The van der Waals surface area contributed by atoms with Crippen molar-refractivity contribution in [2.45, 2.75) is 19.5 Å². The number of morpholine rings is 1. The fourth-order valence-corrected chi connectivity index (χ4v) is 2.32. The van der Waals surface area contributed by atoms with E-state index in [4.69, 9.17) is 4.74 Å². The molecule has 0 radical (unpaired) electrons. The van der Waals surface area contributed by atoms with E-state index in [0.717, 1.165) is 39.4 Å². The van der Waals surface area contributed by atoms with Crippen LogP contribution in [-0.2, 0) is 11.3 Å². The Bertz CT molecular complexity index is 336. The van der Waals surface area contributed by atoms with Crippen molar-refractivity contribution in [2.75, 3.05) is 39.9 Å². The molecule has 0 aromatic heterocycles. The van der Waals surface area contributed by atoms with Crippen molar-refractivity contribution < 1.29 is 4.74 Å². The molecule has 0 aliphatic carbocycles. The highest BCUT2D eigenvalue weighted by Gasteiger charge is 2.16. The van der Waals surface area contributed by atoms with Crippen molar-refractivity contribution in [3.8, 4) is 0 Å². The third kappa shape index (κ3) is 4.09. The summed E-state index contributed by atoms with van der Waals surface area (Å²) in [6.45, 7) is 8.37. The van der Waals surface area contributed by atoms with E-state index in [0.29, 0.717) is 6.04 Å². The Labute approximate surface area is 110 Å². The molecular formula is C15H24N2O. The zero-order valence-corrected chi connectivity index (χ0v) is 11.5. The van der Waals surface area contributed by atoms with Gasteiger partial charge in [0.05, 0.1) is 13.2 Å². The second-order valence-corrected chi connectivity index (χ2v) is 5.16. The highest BCUT2D eigenvalue weighted by Crippen LogP contribution is 2.08. The fourth-order valence-electron chi connectivity index (χ4n) is 2.32. The number of hydrogen-bond donors (Lipinski definition) is 0. The van der Waals surface area contributed by atoms with Gasteiger partial charge in [0, 0.05) is 32.2 Å². The Morgan fingerprint density at radius 1 is 1.22 bits per heavy atom. The molecule has 3 nitrogen and oxygen atoms in total. The van der Waals surface area contributed by atoms with Gasteiger partial charge < -0.3 is 4.74 Å². The highest BCUT2D eigenvalue weighted by molar-refractivity contribution is 5.14. The van der Waals surface area contributed by atoms with Crippen molar-refractivity contribution in [2.24, 2.45) is 0 Å². The van der Waals surface area contributed by atoms with Gasteiger partial charge in [-0.3, -0.25) is 9.80 Å². The molecule has 100 valence electrons. The van der Waals surface area contributed by atoms with E-state index >= 15 is 0 Å². The first-order valence-electron chi connectivity index (χ1n) is 6.80. The summed E-state index contributed by atoms with van der Waals surface area (Å²) in [5, 5.41) is 0. The van der Waals surface area contributed by atoms with Gasteiger partial charge in [-0.05, 0) is 19.5 Å². The van der Waals surface area contributed by atoms with E-state index < -0.39 is 0 Å². The van der Waals surface area contributed by atoms with E-state index in [1.807, 2.05) is 0 Å². The molecule has 0 bridgehead atoms. The monoisotopic (exact) mass is 248 g/mol. The lowest BCUT2D eigenvalue weighted by molar-refractivity contribution is 0.0262. The summed E-state index contributed by atoms with van der Waals surface area (Å²) in [4.78, 5) is 4.92. The second-order valence-electron chi connectivity index (χ2n) is 5.16. The van der Waals surface area contributed by atoms with Gasteiger partial charge in [0.15, 0.2) is 0 Å². The highest BCUT2D eigenvalue weighted by atomic mass is 16.5. The lowest BCUT2D eigenvalue weighted by Gasteiger charge is -2.33. The Morgan fingerprint density at radius 3 is 2.56 bits per heavy atom. The minimum atomic E-state index is 0.573. The zero-order valence-electron chi connectivity index (χ0n) is 11.5. The van der Waals surface area contributed by atoms with E-state index in [9.17, 15) is 0 Å². The standard InChI is InChI=1S/C15H24N2O/c1-14(12-17-8-10-18-11-9-17)16(2)13-15-6-4-3-5-7-15/h3-7,14H,8-13H2,1-2H3/t14-/m0/s1. The normalized spacial score (nSPS) is 19.1. The first-order chi connectivity index (χ1) is 8.75. The van der Waals surface area contributed by atoms with Gasteiger partial charge in [0.1, 0.15) is 0 Å². The quantitative estimate of drug-likeness (QED) is 0.791. The maximum absolute atomic E-state index is 5.38. The molecule has 1 aliphatic heterocycles. The van der Waals surface area contributed by atoms with Crippen LogP contribution in [0.15, 0.2) is 30.3 Å². The number of ether oxygens (including phenoxy) is 1. The van der Waals surface area contributed by atoms with Crippen LogP contribution in [-0.4, -0.2) is 55.7 Å². The average molecular weight is 248 g/mol. The van der Waals surface area contributed by atoms with Crippen molar-refractivity contribution in [1.29, 1.82) is 0 Å². The summed E-state index contributed by atoms with van der Waals surface area (Å²) >= 11 is 0. The molecule has 0 amide bonds. The molecule has 1 aromatic rings. The van der Waals surface area contributed by atoms with Crippen LogP contribution in [0.3, 0.4) is 0 Å². The van der Waals surface area contributed by atoms with E-state index in [1.165, 1.54) is 5.56 Å². The third-order valence-corrected chi connectivity index (χ3v) is 3.65. The predicted molar refractivity (Wildman–Crippen MR) is 74.6 cm³/mol. The number of hydrogen-bond acceptors (Lipinski definition) is 3. The largest absolute Gasteiger partial charge is 0.379 e. The van der Waals surface area contributed by atoms with Gasteiger partial charge >= 0.3 is 0 Å². The summed E-state index contributed by atoms with van der Waals surface area (Å²) in [5.41, 5.74) is 1.38. The maximum Gasteiger partial charge on any atom is 0.0594 e. The smallest absolute Gasteiger partial charge is 0.0594 e. The summed E-state index contributed by atoms with van der Waals surface area (Å²) < 4.78 is 5.38. The second kappa shape index (κ2) is 6.88. The number of benzene rings is 1. The van der Waals surface area contributed by atoms with Gasteiger partial charge in [-0.15, -0.1) is 0 Å². The number of likely N-dealkylation sites (N-methyl/N-ethyl adjacent to an activating group) is 1. The molecule has 1 saturated heterocycles. The molecule has 1 fully saturated rings. The molecule has 1 atom stereocenters. The molecule has 1 aromatic carbocycles. The molecule has 3 heteroatoms. The van der Waals surface area contributed by atoms with Gasteiger partial charge in [-0.2, -0.15) is 0 Å². The molecule has 1 heterocycles. The summed E-state index contributed by atoms with van der Waals surface area (Å²) in [6.07, 6.45) is 0. The number of rotatable bonds is 5. The Hall–Kier alpha value is -0.900. The van der Waals surface area contributed by atoms with Crippen LogP contribution in [0.5, 0.6) is 0 Å². The van der Waals surface area contributed by atoms with Crippen LogP contribution < -0.4 is 0 Å². The van der Waals surface area contributed by atoms with Gasteiger partial charge in [0.2, 0.25) is 0 Å². The summed E-state index contributed by atoms with van der Waals surface area (Å²) in [7, 11) is 2.21. The lowest BCUT2D eigenvalue weighted by Crippen LogP contribution is -2.44. The summed E-state index contributed by atoms with van der Waals surface area (Å²) in [6, 6.07) is 11.2. The molecule has 1 aliphatic rings. The van der Waals surface area contributed by atoms with E-state index in [2.05, 4.69) is 54.1 Å². The Morgan fingerprint density at radius 2 is 1.89 bits per heavy atom. The summed E-state index contributed by atoms with van der Waals surface area (Å²) in [5.74, 6) is 0. The van der Waals surface area contributed by atoms with Crippen molar-refractivity contribution >= 4 is 0 Å².